The van der Waals surface area contributed by atoms with Gasteiger partial charge in [0.2, 0.25) is 23.6 Å². The van der Waals surface area contributed by atoms with Gasteiger partial charge in [-0.15, -0.1) is 0 Å². The fourth-order valence-electron chi connectivity index (χ4n) is 7.69. The van der Waals surface area contributed by atoms with Crippen LogP contribution in [-0.4, -0.2) is 102 Å². The van der Waals surface area contributed by atoms with E-state index in [0.29, 0.717) is 57.5 Å². The van der Waals surface area contributed by atoms with E-state index in [9.17, 15) is 29.1 Å². The molecule has 2 bridgehead atoms. The molecule has 5 amide bonds. The number of carbonyl (C=O) groups excluding carboxylic acids is 5. The van der Waals surface area contributed by atoms with Crippen LogP contribution in [0, 0.1) is 11.3 Å². The number of rotatable bonds is 2. The molecule has 2 fully saturated rings. The van der Waals surface area contributed by atoms with Crippen molar-refractivity contribution in [3.05, 3.63) is 65.2 Å². The highest BCUT2D eigenvalue weighted by Gasteiger charge is 2.41. The number of hydrogen-bond donors (Lipinski definition) is 4. The number of carbonyl (C=O) groups is 5. The van der Waals surface area contributed by atoms with Crippen molar-refractivity contribution < 1.29 is 33.8 Å². The molecule has 3 heterocycles. The van der Waals surface area contributed by atoms with Gasteiger partial charge < -0.3 is 35.6 Å². The minimum atomic E-state index is -1.20. The lowest BCUT2D eigenvalue weighted by Gasteiger charge is -2.43. The Morgan fingerprint density at radius 3 is 2.40 bits per heavy atom. The van der Waals surface area contributed by atoms with Crippen molar-refractivity contribution in [2.24, 2.45) is 11.3 Å². The maximum atomic E-state index is 13.6. The van der Waals surface area contributed by atoms with Crippen LogP contribution in [0.4, 0.5) is 0 Å². The van der Waals surface area contributed by atoms with Crippen LogP contribution in [0.1, 0.15) is 49.3 Å². The van der Waals surface area contributed by atoms with E-state index < -0.39 is 53.8 Å². The van der Waals surface area contributed by atoms with E-state index in [4.69, 9.17) is 4.74 Å². The number of nitrogens with one attached hydrogen (secondary N) is 3. The Morgan fingerprint density at radius 1 is 0.958 bits per heavy atom. The van der Waals surface area contributed by atoms with Gasteiger partial charge in [0.05, 0.1) is 6.61 Å². The third-order valence-electron chi connectivity index (χ3n) is 10.4. The number of aliphatic hydroxyl groups is 1. The van der Waals surface area contributed by atoms with Crippen molar-refractivity contribution in [1.29, 1.82) is 0 Å². The molecule has 0 radical (unpaired) electrons. The standard InChI is InChI=1S/C36H45N5O7/c1-23-34(46)41-13-5-10-30(41)33(45)39-29(20-42)32(44)37-22-36(19-24-6-4-9-28(16-24)48-21-31(43)38-23)11-14-40(15-12-36)35(47)27-17-25-7-2-3-8-26(25)18-27/h2-4,6-9,16,23,27,29-30,42H,5,10-15,17-22H2,1H3,(H,37,44)(H,38,43)(H,39,45)/t23-,29-,30-/m0/s1. The smallest absolute Gasteiger partial charge is 0.258 e. The zero-order chi connectivity index (χ0) is 33.8. The summed E-state index contributed by atoms with van der Waals surface area (Å²) in [5.74, 6) is -1.32. The summed E-state index contributed by atoms with van der Waals surface area (Å²) in [7, 11) is 0. The van der Waals surface area contributed by atoms with Crippen LogP contribution in [0.15, 0.2) is 48.5 Å². The minimum Gasteiger partial charge on any atom is -0.484 e. The maximum absolute atomic E-state index is 13.6. The number of benzene rings is 2. The van der Waals surface area contributed by atoms with Crippen LogP contribution in [0.25, 0.3) is 0 Å². The molecule has 3 aliphatic heterocycles. The van der Waals surface area contributed by atoms with Gasteiger partial charge in [-0.25, -0.2) is 0 Å². The van der Waals surface area contributed by atoms with Crippen molar-refractivity contribution in [3.8, 4) is 5.75 Å². The van der Waals surface area contributed by atoms with Crippen LogP contribution in [0.5, 0.6) is 5.75 Å². The molecule has 12 nitrogen and oxygen atoms in total. The van der Waals surface area contributed by atoms with Gasteiger partial charge in [0.1, 0.15) is 23.9 Å². The molecular weight excluding hydrogens is 614 g/mol. The van der Waals surface area contributed by atoms with Crippen molar-refractivity contribution in [3.63, 3.8) is 0 Å². The molecule has 2 aromatic rings. The molecule has 0 unspecified atom stereocenters. The summed E-state index contributed by atoms with van der Waals surface area (Å²) in [6.07, 6.45) is 4.34. The van der Waals surface area contributed by atoms with Crippen molar-refractivity contribution in [2.75, 3.05) is 39.4 Å². The van der Waals surface area contributed by atoms with Crippen molar-refractivity contribution >= 4 is 29.5 Å². The van der Waals surface area contributed by atoms with Gasteiger partial charge in [0.15, 0.2) is 6.61 Å². The lowest BCUT2D eigenvalue weighted by Crippen LogP contribution is -2.57. The van der Waals surface area contributed by atoms with Gasteiger partial charge in [0, 0.05) is 32.1 Å². The largest absolute Gasteiger partial charge is 0.484 e. The molecule has 6 rings (SSSR count). The summed E-state index contributed by atoms with van der Waals surface area (Å²) in [4.78, 5) is 69.7. The minimum absolute atomic E-state index is 0.0697. The van der Waals surface area contributed by atoms with Crippen LogP contribution in [0.3, 0.4) is 0 Å². The Balaban J connectivity index is 1.20. The van der Waals surface area contributed by atoms with Crippen molar-refractivity contribution in [2.45, 2.75) is 70.0 Å². The fraction of sp³-hybridized carbons (Fsp3) is 0.528. The number of piperidine rings is 1. The number of hydrogen-bond acceptors (Lipinski definition) is 7. The Morgan fingerprint density at radius 2 is 1.69 bits per heavy atom. The molecule has 0 aromatic heterocycles. The summed E-state index contributed by atoms with van der Waals surface area (Å²) in [6, 6.07) is 12.8. The predicted molar refractivity (Wildman–Crippen MR) is 176 cm³/mol. The van der Waals surface area contributed by atoms with E-state index in [2.05, 4.69) is 28.1 Å². The molecule has 1 aliphatic carbocycles. The third kappa shape index (κ3) is 7.33. The van der Waals surface area contributed by atoms with Gasteiger partial charge in [-0.2, -0.15) is 0 Å². The molecule has 2 saturated heterocycles. The number of nitrogens with zero attached hydrogens (tertiary/aromatic N) is 2. The predicted octanol–water partition coefficient (Wildman–Crippen LogP) is 0.734. The fourth-order valence-corrected chi connectivity index (χ4v) is 7.69. The number of likely N-dealkylation sites (tertiary alicyclic amines) is 1. The molecule has 3 atom stereocenters. The Kier molecular flexibility index (Phi) is 10.00. The molecule has 256 valence electrons. The van der Waals surface area contributed by atoms with Gasteiger partial charge >= 0.3 is 0 Å². The number of aliphatic hydroxyl groups excluding tert-OH is 1. The third-order valence-corrected chi connectivity index (χ3v) is 10.4. The van der Waals surface area contributed by atoms with E-state index >= 15 is 0 Å². The van der Waals surface area contributed by atoms with Crippen LogP contribution in [-0.2, 0) is 43.2 Å². The van der Waals surface area contributed by atoms with Gasteiger partial charge in [-0.05, 0) is 86.1 Å². The average Bonchev–Trinajstić information content (AvgIpc) is 3.76. The van der Waals surface area contributed by atoms with E-state index in [1.165, 1.54) is 16.0 Å². The summed E-state index contributed by atoms with van der Waals surface area (Å²) >= 11 is 0. The second-order valence-corrected chi connectivity index (χ2v) is 13.8. The molecule has 2 aromatic carbocycles. The van der Waals surface area contributed by atoms with E-state index in [1.54, 1.807) is 13.0 Å². The summed E-state index contributed by atoms with van der Waals surface area (Å²) in [5.41, 5.74) is 3.00. The van der Waals surface area contributed by atoms with Gasteiger partial charge in [0.25, 0.3) is 5.91 Å². The quantitative estimate of drug-likeness (QED) is 0.370. The molecule has 4 aliphatic rings. The average molecular weight is 660 g/mol. The summed E-state index contributed by atoms with van der Waals surface area (Å²) in [6.45, 7) is 2.37. The number of fused-ring (bicyclic) bond motifs is 4. The van der Waals surface area contributed by atoms with E-state index in [-0.39, 0.29) is 25.0 Å². The van der Waals surface area contributed by atoms with Crippen LogP contribution >= 0.6 is 0 Å². The van der Waals surface area contributed by atoms with Crippen LogP contribution < -0.4 is 20.7 Å². The molecular formula is C36H45N5O7. The van der Waals surface area contributed by atoms with Gasteiger partial charge in [-0.1, -0.05) is 36.4 Å². The van der Waals surface area contributed by atoms with Crippen LogP contribution in [0.2, 0.25) is 0 Å². The Hall–Kier alpha value is -4.45. The second-order valence-electron chi connectivity index (χ2n) is 13.8. The van der Waals surface area contributed by atoms with E-state index in [1.807, 2.05) is 35.2 Å². The van der Waals surface area contributed by atoms with E-state index in [0.717, 1.165) is 18.4 Å². The highest BCUT2D eigenvalue weighted by molar-refractivity contribution is 5.94. The lowest BCUT2D eigenvalue weighted by molar-refractivity contribution is -0.142. The molecule has 4 N–H and O–H groups in total. The first-order valence-electron chi connectivity index (χ1n) is 17.0. The first-order chi connectivity index (χ1) is 23.1. The molecule has 1 spiro atoms. The SMILES string of the molecule is C[C@@H]1NC(=O)COc2cccc(c2)CC2(CCN(C(=O)C3Cc4ccccc4C3)CC2)CNC(=O)[C@H](CO)NC(=O)[C@@H]2CCCN2C1=O. The first-order valence-corrected chi connectivity index (χ1v) is 17.0. The Labute approximate surface area is 280 Å². The Bertz CT molecular complexity index is 1530. The highest BCUT2D eigenvalue weighted by atomic mass is 16.5. The first kappa shape index (κ1) is 33.5. The normalized spacial score (nSPS) is 25.5. The second kappa shape index (κ2) is 14.3. The number of amides is 5. The summed E-state index contributed by atoms with van der Waals surface area (Å²) < 4.78 is 5.81. The summed E-state index contributed by atoms with van der Waals surface area (Å²) in [5, 5.41) is 18.4. The zero-order valence-corrected chi connectivity index (χ0v) is 27.4. The molecule has 12 heteroatoms. The topological polar surface area (TPSA) is 157 Å². The molecule has 0 saturated carbocycles. The highest BCUT2D eigenvalue weighted by Crippen LogP contribution is 2.37. The lowest BCUT2D eigenvalue weighted by atomic mass is 9.73. The monoisotopic (exact) mass is 659 g/mol. The number of ether oxygens (including phenoxy) is 1. The molecule has 48 heavy (non-hydrogen) atoms. The van der Waals surface area contributed by atoms with Crippen molar-refractivity contribution in [1.82, 2.24) is 25.8 Å². The maximum Gasteiger partial charge on any atom is 0.258 e. The zero-order valence-electron chi connectivity index (χ0n) is 27.4. The van der Waals surface area contributed by atoms with Gasteiger partial charge in [-0.3, -0.25) is 24.0 Å².